The second kappa shape index (κ2) is 9.36. The van der Waals surface area contributed by atoms with E-state index in [0.717, 1.165) is 11.1 Å². The number of halogens is 1. The highest BCUT2D eigenvalue weighted by atomic mass is 35.5. The van der Waals surface area contributed by atoms with Crippen molar-refractivity contribution in [3.63, 3.8) is 0 Å². The minimum Gasteiger partial charge on any atom is -1.00 e. The summed E-state index contributed by atoms with van der Waals surface area (Å²) in [6.45, 7) is 0.741. The van der Waals surface area contributed by atoms with E-state index in [-0.39, 0.29) is 24.0 Å². The first-order chi connectivity index (χ1) is 10.9. The molecule has 2 rings (SSSR count). The summed E-state index contributed by atoms with van der Waals surface area (Å²) < 4.78 is 0.400. The van der Waals surface area contributed by atoms with Crippen molar-refractivity contribution in [1.82, 2.24) is 0 Å². The highest BCUT2D eigenvalue weighted by Gasteiger charge is 2.23. The van der Waals surface area contributed by atoms with E-state index < -0.39 is 0 Å². The summed E-state index contributed by atoms with van der Waals surface area (Å²) in [5.74, 6) is 0.322. The maximum Gasteiger partial charge on any atom is 0.191 e. The van der Waals surface area contributed by atoms with E-state index in [1.54, 1.807) is 0 Å². The SMILES string of the molecule is C[N+](C)(CC(=O)Cc1ccccc1)CC(=O)Cc1ccccc1.[Cl-]. The van der Waals surface area contributed by atoms with Gasteiger partial charge in [0.2, 0.25) is 0 Å². The number of hydrogen-bond acceptors (Lipinski definition) is 2. The molecule has 0 aliphatic heterocycles. The molecule has 0 unspecified atom stereocenters. The zero-order valence-corrected chi connectivity index (χ0v) is 15.0. The predicted molar refractivity (Wildman–Crippen MR) is 92.1 cm³/mol. The average molecular weight is 346 g/mol. The third-order valence-corrected chi connectivity index (χ3v) is 3.70. The summed E-state index contributed by atoms with van der Waals surface area (Å²) in [5.41, 5.74) is 2.04. The maximum atomic E-state index is 12.2. The van der Waals surface area contributed by atoms with E-state index in [0.29, 0.717) is 30.4 Å². The Hall–Kier alpha value is -1.97. The van der Waals surface area contributed by atoms with Crippen molar-refractivity contribution in [2.24, 2.45) is 0 Å². The van der Waals surface area contributed by atoms with Crippen LogP contribution in [0.5, 0.6) is 0 Å². The van der Waals surface area contributed by atoms with Crippen LogP contribution in [0, 0.1) is 0 Å². The quantitative estimate of drug-likeness (QED) is 0.615. The van der Waals surface area contributed by atoms with Gasteiger partial charge in [-0.3, -0.25) is 9.59 Å². The minimum atomic E-state index is 0. The number of rotatable bonds is 8. The van der Waals surface area contributed by atoms with Gasteiger partial charge in [-0.15, -0.1) is 0 Å². The number of likely N-dealkylation sites (N-methyl/N-ethyl adjacent to an activating group) is 1. The number of carbonyl (C=O) groups excluding carboxylic acids is 2. The van der Waals surface area contributed by atoms with Crippen molar-refractivity contribution in [3.05, 3.63) is 71.8 Å². The van der Waals surface area contributed by atoms with E-state index in [1.807, 2.05) is 74.8 Å². The zero-order valence-electron chi connectivity index (χ0n) is 14.2. The Balaban J connectivity index is 0.00000288. The summed E-state index contributed by atoms with van der Waals surface area (Å²) in [5, 5.41) is 0. The Labute approximate surface area is 150 Å². The fourth-order valence-electron chi connectivity index (χ4n) is 2.77. The van der Waals surface area contributed by atoms with E-state index >= 15 is 0 Å². The highest BCUT2D eigenvalue weighted by molar-refractivity contribution is 5.84. The molecule has 0 atom stereocenters. The molecule has 0 fully saturated rings. The number of nitrogens with zero attached hydrogens (tertiary/aromatic N) is 1. The lowest BCUT2D eigenvalue weighted by molar-refractivity contribution is -0.874. The van der Waals surface area contributed by atoms with Crippen molar-refractivity contribution < 1.29 is 26.5 Å². The molecule has 0 spiro atoms. The highest BCUT2D eigenvalue weighted by Crippen LogP contribution is 2.06. The molecule has 0 aliphatic rings. The lowest BCUT2D eigenvalue weighted by Gasteiger charge is -2.28. The van der Waals surface area contributed by atoms with Gasteiger partial charge in [-0.25, -0.2) is 0 Å². The van der Waals surface area contributed by atoms with E-state index in [1.165, 1.54) is 0 Å². The lowest BCUT2D eigenvalue weighted by atomic mass is 10.1. The lowest BCUT2D eigenvalue weighted by Crippen LogP contribution is -3.00. The van der Waals surface area contributed by atoms with Crippen LogP contribution in [0.4, 0.5) is 0 Å². The summed E-state index contributed by atoms with van der Waals surface area (Å²) in [7, 11) is 3.87. The van der Waals surface area contributed by atoms with Crippen molar-refractivity contribution in [1.29, 1.82) is 0 Å². The maximum absolute atomic E-state index is 12.2. The second-order valence-corrected chi connectivity index (χ2v) is 6.65. The molecule has 2 aromatic rings. The van der Waals surface area contributed by atoms with E-state index in [9.17, 15) is 9.59 Å². The fourth-order valence-corrected chi connectivity index (χ4v) is 2.77. The van der Waals surface area contributed by atoms with Crippen molar-refractivity contribution in [2.45, 2.75) is 12.8 Å². The first-order valence-corrected chi connectivity index (χ1v) is 7.88. The standard InChI is InChI=1S/C20H24NO2.ClH/c1-21(2,15-19(22)13-17-9-5-3-6-10-17)16-20(23)14-18-11-7-4-8-12-18;/h3-12H,13-16H2,1-2H3;1H/q+1;/p-1. The topological polar surface area (TPSA) is 34.1 Å². The molecule has 0 radical (unpaired) electrons. The van der Waals surface area contributed by atoms with Crippen LogP contribution in [0.3, 0.4) is 0 Å². The fraction of sp³-hybridized carbons (Fsp3) is 0.300. The van der Waals surface area contributed by atoms with Gasteiger partial charge in [0.1, 0.15) is 13.1 Å². The molecular weight excluding hydrogens is 322 g/mol. The van der Waals surface area contributed by atoms with Gasteiger partial charge in [-0.05, 0) is 11.1 Å². The van der Waals surface area contributed by atoms with Gasteiger partial charge in [0.25, 0.3) is 0 Å². The molecule has 0 bridgehead atoms. The van der Waals surface area contributed by atoms with Gasteiger partial charge in [-0.1, -0.05) is 60.7 Å². The van der Waals surface area contributed by atoms with Gasteiger partial charge in [0.15, 0.2) is 11.6 Å². The summed E-state index contributed by atoms with van der Waals surface area (Å²) in [6, 6.07) is 19.5. The Bertz CT molecular complexity index is 596. The molecule has 24 heavy (non-hydrogen) atoms. The van der Waals surface area contributed by atoms with E-state index in [2.05, 4.69) is 0 Å². The molecule has 0 aliphatic carbocycles. The van der Waals surface area contributed by atoms with Gasteiger partial charge < -0.3 is 16.9 Å². The third-order valence-electron chi connectivity index (χ3n) is 3.70. The van der Waals surface area contributed by atoms with Crippen molar-refractivity contribution in [2.75, 3.05) is 27.2 Å². The Morgan fingerprint density at radius 1 is 0.708 bits per heavy atom. The van der Waals surface area contributed by atoms with Crippen molar-refractivity contribution >= 4 is 11.6 Å². The van der Waals surface area contributed by atoms with E-state index in [4.69, 9.17) is 0 Å². The number of ketones is 2. The zero-order chi connectivity index (χ0) is 16.7. The first kappa shape index (κ1) is 20.1. The first-order valence-electron chi connectivity index (χ1n) is 7.88. The van der Waals surface area contributed by atoms with Crippen LogP contribution in [-0.2, 0) is 22.4 Å². The smallest absolute Gasteiger partial charge is 0.191 e. The molecule has 0 amide bonds. The molecule has 2 aromatic carbocycles. The number of hydrogen-bond donors (Lipinski definition) is 0. The van der Waals surface area contributed by atoms with Crippen LogP contribution >= 0.6 is 0 Å². The summed E-state index contributed by atoms with van der Waals surface area (Å²) >= 11 is 0. The van der Waals surface area contributed by atoms with Crippen LogP contribution in [0.25, 0.3) is 0 Å². The van der Waals surface area contributed by atoms with Crippen LogP contribution in [0.15, 0.2) is 60.7 Å². The van der Waals surface area contributed by atoms with Crippen LogP contribution in [0.1, 0.15) is 11.1 Å². The molecule has 4 heteroatoms. The van der Waals surface area contributed by atoms with Crippen molar-refractivity contribution in [3.8, 4) is 0 Å². The van der Waals surface area contributed by atoms with Crippen LogP contribution < -0.4 is 12.4 Å². The van der Waals surface area contributed by atoms with Gasteiger partial charge in [-0.2, -0.15) is 0 Å². The molecule has 128 valence electrons. The minimum absolute atomic E-state index is 0. The second-order valence-electron chi connectivity index (χ2n) is 6.65. The van der Waals surface area contributed by atoms with Crippen LogP contribution in [-0.4, -0.2) is 43.2 Å². The summed E-state index contributed by atoms with van der Waals surface area (Å²) in [6.07, 6.45) is 0.852. The Kier molecular flexibility index (Phi) is 7.83. The molecule has 0 saturated heterocycles. The largest absolute Gasteiger partial charge is 1.00 e. The molecule has 0 saturated carbocycles. The van der Waals surface area contributed by atoms with Gasteiger partial charge in [0.05, 0.1) is 14.1 Å². The number of Topliss-reactive ketones (excluding diaryl/α,β-unsaturated/α-hetero) is 2. The molecule has 0 aromatic heterocycles. The molecule has 0 N–H and O–H groups in total. The Morgan fingerprint density at radius 2 is 1.04 bits per heavy atom. The normalized spacial score (nSPS) is 10.8. The predicted octanol–water partition coefficient (Wildman–Crippen LogP) is -0.310. The third kappa shape index (κ3) is 7.07. The number of carbonyl (C=O) groups is 2. The summed E-state index contributed by atoms with van der Waals surface area (Å²) in [4.78, 5) is 24.5. The number of quaternary nitrogens is 1. The van der Waals surface area contributed by atoms with Crippen LogP contribution in [0.2, 0.25) is 0 Å². The number of benzene rings is 2. The Morgan fingerprint density at radius 3 is 1.38 bits per heavy atom. The monoisotopic (exact) mass is 345 g/mol. The average Bonchev–Trinajstić information content (AvgIpc) is 2.47. The van der Waals surface area contributed by atoms with Gasteiger partial charge in [0, 0.05) is 12.8 Å². The van der Waals surface area contributed by atoms with Gasteiger partial charge >= 0.3 is 0 Å². The molecular formula is C20H24ClNO2. The molecule has 0 heterocycles. The molecule has 3 nitrogen and oxygen atoms in total.